The summed E-state index contributed by atoms with van der Waals surface area (Å²) in [5, 5.41) is 0.638. The lowest BCUT2D eigenvalue weighted by Gasteiger charge is -2.33. The second kappa shape index (κ2) is 5.46. The largest absolute Gasteiger partial charge is 0.468 e. The predicted octanol–water partition coefficient (Wildman–Crippen LogP) is 2.91. The lowest BCUT2D eigenvalue weighted by Crippen LogP contribution is -2.49. The van der Waals surface area contributed by atoms with Crippen LogP contribution in [-0.4, -0.2) is 25.7 Å². The molecule has 1 aromatic rings. The molecule has 0 aromatic heterocycles. The van der Waals surface area contributed by atoms with Gasteiger partial charge in [0.2, 0.25) is 0 Å². The van der Waals surface area contributed by atoms with Gasteiger partial charge in [0, 0.05) is 16.5 Å². The van der Waals surface area contributed by atoms with E-state index in [1.54, 1.807) is 0 Å². The molecule has 0 radical (unpaired) electrons. The van der Waals surface area contributed by atoms with Gasteiger partial charge in [-0.05, 0) is 29.3 Å². The van der Waals surface area contributed by atoms with Crippen LogP contribution in [0.3, 0.4) is 0 Å². The van der Waals surface area contributed by atoms with Gasteiger partial charge in [-0.15, -0.1) is 0 Å². The van der Waals surface area contributed by atoms with E-state index in [0.29, 0.717) is 21.2 Å². The van der Waals surface area contributed by atoms with Crippen LogP contribution in [0.5, 0.6) is 0 Å². The van der Waals surface area contributed by atoms with Crippen LogP contribution < -0.4 is 0 Å². The first-order chi connectivity index (χ1) is 9.40. The van der Waals surface area contributed by atoms with E-state index in [1.165, 1.54) is 25.3 Å². The van der Waals surface area contributed by atoms with E-state index in [2.05, 4.69) is 6.58 Å². The van der Waals surface area contributed by atoms with Crippen molar-refractivity contribution in [2.24, 2.45) is 0 Å². The lowest BCUT2D eigenvalue weighted by molar-refractivity contribution is -0.165. The Labute approximate surface area is 126 Å². The van der Waals surface area contributed by atoms with Gasteiger partial charge in [0.05, 0.1) is 7.11 Å². The average Bonchev–Trinajstić information content (AvgIpc) is 2.39. The molecule has 1 aliphatic rings. The minimum Gasteiger partial charge on any atom is -0.468 e. The molecule has 0 amide bonds. The zero-order valence-electron chi connectivity index (χ0n) is 10.7. The molecule has 0 aliphatic carbocycles. The van der Waals surface area contributed by atoms with Gasteiger partial charge in [0.25, 0.3) is 0 Å². The quantitative estimate of drug-likeness (QED) is 0.478. The Hall–Kier alpha value is -1.52. The second-order valence-electron chi connectivity index (χ2n) is 4.56. The van der Waals surface area contributed by atoms with Crippen molar-refractivity contribution in [3.63, 3.8) is 0 Å². The van der Waals surface area contributed by atoms with Crippen LogP contribution in [0.4, 0.5) is 0 Å². The maximum absolute atomic E-state index is 12.2. The van der Waals surface area contributed by atoms with E-state index in [9.17, 15) is 9.59 Å². The molecule has 1 aliphatic heterocycles. The van der Waals surface area contributed by atoms with Gasteiger partial charge in [-0.3, -0.25) is 9.59 Å². The third-order valence-electron chi connectivity index (χ3n) is 3.16. The highest BCUT2D eigenvalue weighted by molar-refractivity contribution is 6.34. The first-order valence-electron chi connectivity index (χ1n) is 5.79. The van der Waals surface area contributed by atoms with E-state index < -0.39 is 17.4 Å². The Bertz CT molecular complexity index is 567. The van der Waals surface area contributed by atoms with Crippen LogP contribution in [0.15, 0.2) is 30.4 Å². The maximum atomic E-state index is 12.2. The summed E-state index contributed by atoms with van der Waals surface area (Å²) in [5.41, 5.74) is -0.641. The maximum Gasteiger partial charge on any atom is 0.328 e. The summed E-state index contributed by atoms with van der Waals surface area (Å²) >= 11 is 11.9. The number of halogens is 2. The number of benzene rings is 1. The van der Waals surface area contributed by atoms with Gasteiger partial charge in [0.1, 0.15) is 6.61 Å². The lowest BCUT2D eigenvalue weighted by atomic mass is 9.74. The SMILES string of the molecule is C=C1COC(=O)C(C(=O)OC)(c2cc(Cl)cc(Cl)c2)C1. The Morgan fingerprint density at radius 2 is 1.95 bits per heavy atom. The van der Waals surface area contributed by atoms with Gasteiger partial charge in [-0.25, -0.2) is 0 Å². The number of hydrogen-bond donors (Lipinski definition) is 0. The number of carbonyl (C=O) groups is 2. The fraction of sp³-hybridized carbons (Fsp3) is 0.286. The summed E-state index contributed by atoms with van der Waals surface area (Å²) in [5.74, 6) is -1.41. The predicted molar refractivity (Wildman–Crippen MR) is 74.9 cm³/mol. The molecule has 1 aromatic carbocycles. The molecule has 1 saturated heterocycles. The smallest absolute Gasteiger partial charge is 0.328 e. The van der Waals surface area contributed by atoms with Gasteiger partial charge in [-0.2, -0.15) is 0 Å². The van der Waals surface area contributed by atoms with E-state index in [4.69, 9.17) is 32.7 Å². The van der Waals surface area contributed by atoms with Crippen LogP contribution in [0.25, 0.3) is 0 Å². The molecule has 1 fully saturated rings. The Morgan fingerprint density at radius 1 is 1.35 bits per heavy atom. The van der Waals surface area contributed by atoms with Crippen molar-refractivity contribution in [3.8, 4) is 0 Å². The minimum absolute atomic E-state index is 0.0892. The number of methoxy groups -OCH3 is 1. The third-order valence-corrected chi connectivity index (χ3v) is 3.60. The van der Waals surface area contributed by atoms with E-state index in [0.717, 1.165) is 0 Å². The highest BCUT2D eigenvalue weighted by atomic mass is 35.5. The second-order valence-corrected chi connectivity index (χ2v) is 5.43. The molecule has 6 heteroatoms. The number of hydrogen-bond acceptors (Lipinski definition) is 4. The molecule has 4 nitrogen and oxygen atoms in total. The molecular weight excluding hydrogens is 303 g/mol. The first kappa shape index (κ1) is 14.9. The first-order valence-corrected chi connectivity index (χ1v) is 6.54. The molecule has 106 valence electrons. The van der Waals surface area contributed by atoms with Crippen molar-refractivity contribution in [3.05, 3.63) is 46.0 Å². The van der Waals surface area contributed by atoms with Crippen molar-refractivity contribution in [2.75, 3.05) is 13.7 Å². The van der Waals surface area contributed by atoms with Crippen LogP contribution in [0.1, 0.15) is 12.0 Å². The molecule has 0 bridgehead atoms. The van der Waals surface area contributed by atoms with Gasteiger partial charge < -0.3 is 9.47 Å². The third kappa shape index (κ3) is 2.41. The Kier molecular flexibility index (Phi) is 4.06. The van der Waals surface area contributed by atoms with Crippen molar-refractivity contribution < 1.29 is 19.1 Å². The van der Waals surface area contributed by atoms with Gasteiger partial charge >= 0.3 is 11.9 Å². The van der Waals surface area contributed by atoms with Crippen LogP contribution >= 0.6 is 23.2 Å². The molecule has 1 unspecified atom stereocenters. The normalized spacial score (nSPS) is 22.4. The van der Waals surface area contributed by atoms with Crippen LogP contribution in [0.2, 0.25) is 10.0 Å². The number of cyclic esters (lactones) is 1. The molecule has 1 heterocycles. The van der Waals surface area contributed by atoms with Crippen molar-refractivity contribution in [1.82, 2.24) is 0 Å². The summed E-state index contributed by atoms with van der Waals surface area (Å²) in [6.07, 6.45) is 0.106. The van der Waals surface area contributed by atoms with Crippen molar-refractivity contribution >= 4 is 35.1 Å². The zero-order valence-corrected chi connectivity index (χ0v) is 12.3. The summed E-state index contributed by atoms with van der Waals surface area (Å²) < 4.78 is 9.82. The Balaban J connectivity index is 2.65. The molecule has 0 N–H and O–H groups in total. The molecule has 0 spiro atoms. The summed E-state index contributed by atoms with van der Waals surface area (Å²) in [6, 6.07) is 4.52. The van der Waals surface area contributed by atoms with Crippen LogP contribution in [0, 0.1) is 0 Å². The number of rotatable bonds is 2. The minimum atomic E-state index is -1.60. The summed E-state index contributed by atoms with van der Waals surface area (Å²) in [4.78, 5) is 24.5. The van der Waals surface area contributed by atoms with E-state index in [1.807, 2.05) is 0 Å². The molecule has 1 atom stereocenters. The number of carbonyl (C=O) groups excluding carboxylic acids is 2. The van der Waals surface area contributed by atoms with Gasteiger partial charge in [-0.1, -0.05) is 29.8 Å². The fourth-order valence-corrected chi connectivity index (χ4v) is 2.78. The van der Waals surface area contributed by atoms with Crippen molar-refractivity contribution in [1.29, 1.82) is 0 Å². The standard InChI is InChI=1S/C14H12Cl2O4/c1-8-6-14(12(17)19-2,13(18)20-7-8)9-3-10(15)5-11(16)4-9/h3-5H,1,6-7H2,2H3. The number of ether oxygens (including phenoxy) is 2. The molecule has 2 rings (SSSR count). The summed E-state index contributed by atoms with van der Waals surface area (Å²) in [7, 11) is 1.21. The highest BCUT2D eigenvalue weighted by Crippen LogP contribution is 2.39. The van der Waals surface area contributed by atoms with E-state index >= 15 is 0 Å². The number of esters is 2. The van der Waals surface area contributed by atoms with E-state index in [-0.39, 0.29) is 13.0 Å². The molecule has 20 heavy (non-hydrogen) atoms. The summed E-state index contributed by atoms with van der Waals surface area (Å²) in [6.45, 7) is 3.87. The van der Waals surface area contributed by atoms with Crippen LogP contribution in [-0.2, 0) is 24.5 Å². The molecule has 0 saturated carbocycles. The van der Waals surface area contributed by atoms with Gasteiger partial charge in [0.15, 0.2) is 5.41 Å². The monoisotopic (exact) mass is 314 g/mol. The fourth-order valence-electron chi connectivity index (χ4n) is 2.26. The average molecular weight is 315 g/mol. The highest BCUT2D eigenvalue weighted by Gasteiger charge is 2.53. The Morgan fingerprint density at radius 3 is 2.50 bits per heavy atom. The molecular formula is C14H12Cl2O4. The van der Waals surface area contributed by atoms with Crippen molar-refractivity contribution in [2.45, 2.75) is 11.8 Å². The topological polar surface area (TPSA) is 52.6 Å². The zero-order chi connectivity index (χ0) is 14.9.